The average molecular weight is 213 g/mol. The largest absolute Gasteiger partial charge is 0.324 e. The van der Waals surface area contributed by atoms with Gasteiger partial charge in [0.15, 0.2) is 0 Å². The first kappa shape index (κ1) is 11.5. The fourth-order valence-corrected chi connectivity index (χ4v) is 0.738. The fourth-order valence-electron chi connectivity index (χ4n) is 0.738. The van der Waals surface area contributed by atoms with Gasteiger partial charge in [0.2, 0.25) is 5.91 Å². The second kappa shape index (κ2) is 6.08. The number of alkyl halides is 2. The van der Waals surface area contributed by atoms with Gasteiger partial charge in [-0.25, -0.2) is 4.79 Å². The molecule has 70 valence electrons. The second-order valence-electron chi connectivity index (χ2n) is 1.97. The first-order valence-corrected chi connectivity index (χ1v) is 4.43. The van der Waals surface area contributed by atoms with Gasteiger partial charge in [-0.05, 0) is 6.92 Å². The maximum Gasteiger partial charge on any atom is 0.324 e. The molecule has 0 bridgehead atoms. The van der Waals surface area contributed by atoms with Gasteiger partial charge in [0, 0.05) is 6.54 Å². The number of likely N-dealkylation sites (N-methyl/N-ethyl adjacent to an activating group) is 1. The van der Waals surface area contributed by atoms with E-state index >= 15 is 0 Å². The van der Waals surface area contributed by atoms with Crippen LogP contribution in [0.3, 0.4) is 0 Å². The lowest BCUT2D eigenvalue weighted by atomic mass is 10.6. The van der Waals surface area contributed by atoms with E-state index in [-0.39, 0.29) is 23.8 Å². The Bertz CT molecular complexity index is 175. The monoisotopic (exact) mass is 212 g/mol. The van der Waals surface area contributed by atoms with Gasteiger partial charge in [0.25, 0.3) is 0 Å². The lowest BCUT2D eigenvalue weighted by Gasteiger charge is -2.06. The Morgan fingerprint density at radius 3 is 2.17 bits per heavy atom. The highest BCUT2D eigenvalue weighted by Crippen LogP contribution is 1.95. The number of carbonyl (C=O) groups excluding carboxylic acids is 2. The van der Waals surface area contributed by atoms with Crippen LogP contribution < -0.4 is 5.32 Å². The molecule has 0 aromatic carbocycles. The first-order chi connectivity index (χ1) is 5.65. The summed E-state index contributed by atoms with van der Waals surface area (Å²) in [6.07, 6.45) is 0. The van der Waals surface area contributed by atoms with Crippen LogP contribution in [0.4, 0.5) is 4.79 Å². The number of nitrogens with one attached hydrogen (secondary N) is 1. The number of amides is 3. The highest BCUT2D eigenvalue weighted by molar-refractivity contribution is 6.40. The Balaban J connectivity index is 0.000000354. The van der Waals surface area contributed by atoms with Crippen molar-refractivity contribution in [1.29, 1.82) is 0 Å². The van der Waals surface area contributed by atoms with E-state index in [0.717, 1.165) is 0 Å². The predicted octanol–water partition coefficient (Wildman–Crippen LogP) is 0.980. The minimum atomic E-state index is -0.275. The van der Waals surface area contributed by atoms with Crippen LogP contribution in [-0.2, 0) is 4.79 Å². The van der Waals surface area contributed by atoms with E-state index in [0.29, 0.717) is 6.54 Å². The summed E-state index contributed by atoms with van der Waals surface area (Å²) in [7, 11) is 0. The summed E-state index contributed by atoms with van der Waals surface area (Å²) >= 11 is 9.53. The third kappa shape index (κ3) is 3.78. The number of rotatable bonds is 1. The van der Waals surface area contributed by atoms with Crippen LogP contribution in [0.5, 0.6) is 0 Å². The van der Waals surface area contributed by atoms with Crippen molar-refractivity contribution in [3.05, 3.63) is 0 Å². The number of imide groups is 1. The maximum absolute atomic E-state index is 10.6. The van der Waals surface area contributed by atoms with Crippen LogP contribution in [0.2, 0.25) is 0 Å². The molecular formula is C6H10Cl2N2O2. The standard InChI is InChI=1S/C5H8N2O2.CH2Cl2/c1-2-7-3-4(8)6-5(7)9;2-1-3/h2-3H2,1H3,(H,6,8,9);1H2. The molecule has 1 fully saturated rings. The molecule has 3 amide bonds. The van der Waals surface area contributed by atoms with Crippen LogP contribution in [0.15, 0.2) is 0 Å². The summed E-state index contributed by atoms with van der Waals surface area (Å²) in [6.45, 7) is 2.64. The highest BCUT2D eigenvalue weighted by Gasteiger charge is 2.24. The summed E-state index contributed by atoms with van der Waals surface area (Å²) in [5.74, 6) is -0.207. The van der Waals surface area contributed by atoms with Crippen molar-refractivity contribution in [2.24, 2.45) is 0 Å². The molecule has 0 atom stereocenters. The Hall–Kier alpha value is -0.480. The molecule has 0 aliphatic carbocycles. The third-order valence-electron chi connectivity index (χ3n) is 1.25. The molecule has 1 saturated heterocycles. The normalized spacial score (nSPS) is 15.4. The van der Waals surface area contributed by atoms with E-state index in [1.54, 1.807) is 0 Å². The molecular weight excluding hydrogens is 203 g/mol. The van der Waals surface area contributed by atoms with E-state index in [1.165, 1.54) is 4.90 Å². The number of carbonyl (C=O) groups is 2. The van der Waals surface area contributed by atoms with Crippen molar-refractivity contribution in [2.75, 3.05) is 18.4 Å². The zero-order valence-corrected chi connectivity index (χ0v) is 8.15. The molecule has 6 heteroatoms. The maximum atomic E-state index is 10.6. The van der Waals surface area contributed by atoms with E-state index in [9.17, 15) is 9.59 Å². The minimum absolute atomic E-state index is 0.194. The molecule has 12 heavy (non-hydrogen) atoms. The number of urea groups is 1. The van der Waals surface area contributed by atoms with Gasteiger partial charge >= 0.3 is 6.03 Å². The van der Waals surface area contributed by atoms with E-state index in [1.807, 2.05) is 6.92 Å². The molecule has 1 rings (SSSR count). The predicted molar refractivity (Wildman–Crippen MR) is 47.4 cm³/mol. The quantitative estimate of drug-likeness (QED) is 0.521. The molecule has 1 aliphatic heterocycles. The van der Waals surface area contributed by atoms with Crippen LogP contribution in [0.25, 0.3) is 0 Å². The van der Waals surface area contributed by atoms with Crippen LogP contribution in [-0.4, -0.2) is 35.3 Å². The number of halogens is 2. The number of hydrogen-bond acceptors (Lipinski definition) is 2. The molecule has 0 unspecified atom stereocenters. The minimum Gasteiger partial charge on any atom is -0.315 e. The number of hydrogen-bond donors (Lipinski definition) is 1. The summed E-state index contributed by atoms with van der Waals surface area (Å²) in [4.78, 5) is 22.5. The molecule has 0 saturated carbocycles. The van der Waals surface area contributed by atoms with Crippen molar-refractivity contribution in [2.45, 2.75) is 6.92 Å². The number of nitrogens with zero attached hydrogens (tertiary/aromatic N) is 1. The Labute approximate surface area is 80.8 Å². The van der Waals surface area contributed by atoms with Gasteiger partial charge in [0.05, 0.1) is 5.34 Å². The van der Waals surface area contributed by atoms with Gasteiger partial charge in [-0.3, -0.25) is 10.1 Å². The van der Waals surface area contributed by atoms with Crippen molar-refractivity contribution in [3.8, 4) is 0 Å². The molecule has 0 aromatic rings. The fraction of sp³-hybridized carbons (Fsp3) is 0.667. The topological polar surface area (TPSA) is 49.4 Å². The summed E-state index contributed by atoms with van der Waals surface area (Å²) in [6, 6.07) is -0.275. The van der Waals surface area contributed by atoms with Crippen molar-refractivity contribution in [3.63, 3.8) is 0 Å². The molecule has 0 radical (unpaired) electrons. The SMILES string of the molecule is CCN1CC(=O)NC1=O.ClCCl. The van der Waals surface area contributed by atoms with Gasteiger partial charge < -0.3 is 4.90 Å². The Kier molecular flexibility index (Phi) is 5.84. The average Bonchev–Trinajstić information content (AvgIpc) is 2.31. The van der Waals surface area contributed by atoms with E-state index < -0.39 is 0 Å². The van der Waals surface area contributed by atoms with Crippen molar-refractivity contribution < 1.29 is 9.59 Å². The first-order valence-electron chi connectivity index (χ1n) is 3.36. The Morgan fingerprint density at radius 1 is 1.50 bits per heavy atom. The molecule has 0 spiro atoms. The van der Waals surface area contributed by atoms with Gasteiger partial charge in [0.1, 0.15) is 6.54 Å². The lowest BCUT2D eigenvalue weighted by molar-refractivity contribution is -0.118. The van der Waals surface area contributed by atoms with E-state index in [2.05, 4.69) is 5.32 Å². The zero-order valence-electron chi connectivity index (χ0n) is 6.64. The van der Waals surface area contributed by atoms with Crippen molar-refractivity contribution >= 4 is 35.1 Å². The van der Waals surface area contributed by atoms with Crippen LogP contribution in [0, 0.1) is 0 Å². The molecule has 0 aromatic heterocycles. The molecule has 4 nitrogen and oxygen atoms in total. The third-order valence-corrected chi connectivity index (χ3v) is 1.25. The summed E-state index contributed by atoms with van der Waals surface area (Å²) in [5.41, 5.74) is 0. The zero-order chi connectivity index (χ0) is 9.56. The second-order valence-corrected chi connectivity index (χ2v) is 2.78. The van der Waals surface area contributed by atoms with Gasteiger partial charge in [-0.1, -0.05) is 0 Å². The molecule has 1 aliphatic rings. The van der Waals surface area contributed by atoms with Crippen molar-refractivity contribution in [1.82, 2.24) is 10.2 Å². The van der Waals surface area contributed by atoms with E-state index in [4.69, 9.17) is 23.2 Å². The lowest BCUT2D eigenvalue weighted by Crippen LogP contribution is -2.27. The van der Waals surface area contributed by atoms with Crippen LogP contribution >= 0.6 is 23.2 Å². The summed E-state index contributed by atoms with van der Waals surface area (Å²) < 4.78 is 0. The molecule has 1 heterocycles. The van der Waals surface area contributed by atoms with Crippen LogP contribution in [0.1, 0.15) is 6.92 Å². The highest BCUT2D eigenvalue weighted by atomic mass is 35.5. The van der Waals surface area contributed by atoms with Gasteiger partial charge in [-0.2, -0.15) is 0 Å². The van der Waals surface area contributed by atoms with Gasteiger partial charge in [-0.15, -0.1) is 23.2 Å². The smallest absolute Gasteiger partial charge is 0.315 e. The summed E-state index contributed by atoms with van der Waals surface area (Å²) in [5, 5.41) is 2.36. The molecule has 1 N–H and O–H groups in total. The Morgan fingerprint density at radius 2 is 2.00 bits per heavy atom.